The van der Waals surface area contributed by atoms with Gasteiger partial charge in [-0.1, -0.05) is 20.3 Å². The Bertz CT molecular complexity index is 1310. The number of aliphatic hydroxyl groups excluding tert-OH is 2. The Morgan fingerprint density at radius 1 is 1.19 bits per heavy atom. The third-order valence-corrected chi connectivity index (χ3v) is 9.06. The number of urea groups is 1. The first-order valence-corrected chi connectivity index (χ1v) is 15.3. The number of imidazole rings is 1. The Hall–Kier alpha value is -3.29. The fourth-order valence-corrected chi connectivity index (χ4v) is 7.01. The minimum atomic E-state index is -1.56. The van der Waals surface area contributed by atoms with Gasteiger partial charge in [-0.05, 0) is 25.2 Å². The molecule has 0 aromatic carbocycles. The van der Waals surface area contributed by atoms with Crippen LogP contribution in [0.4, 0.5) is 10.6 Å². The standard InChI is InChI=1S/C25H38N10O7S/c1-12(2)7-14-22(38)35(23(39)24(42-14)34-11-29-19-20(26)27-10-28-21(19)34)41-8-17(37)33-32-16(36)6-4-3-5-15-18-13(9-43-15)30-25(40)31-18/h10-15,18,22-24,38-39H,3-9H2,1-2H3,(H,32,36)(H,33,37)(H2,26,27,28)(H2,30,31,40)/t13-,14+,15?,18-,22?,23?,24+/m0/s1. The third kappa shape index (κ3) is 7.10. The van der Waals surface area contributed by atoms with Crippen LogP contribution in [0, 0.1) is 5.92 Å². The van der Waals surface area contributed by atoms with Crippen LogP contribution in [0.15, 0.2) is 12.7 Å². The van der Waals surface area contributed by atoms with Crippen LogP contribution in [-0.4, -0.2) is 101 Å². The number of rotatable bonds is 11. The number of hydrogen-bond acceptors (Lipinski definition) is 13. The quantitative estimate of drug-likeness (QED) is 0.0916. The van der Waals surface area contributed by atoms with Gasteiger partial charge < -0.3 is 31.3 Å². The summed E-state index contributed by atoms with van der Waals surface area (Å²) in [5, 5.41) is 29.1. The summed E-state index contributed by atoms with van der Waals surface area (Å²) in [5.74, 6) is 0.107. The van der Waals surface area contributed by atoms with Crippen molar-refractivity contribution in [3.8, 4) is 0 Å². The second-order valence-electron chi connectivity index (χ2n) is 11.2. The number of carbonyl (C=O) groups excluding carboxylic acids is 3. The number of nitrogens with one attached hydrogen (secondary N) is 4. The highest BCUT2D eigenvalue weighted by Gasteiger charge is 2.45. The number of anilines is 1. The van der Waals surface area contributed by atoms with Crippen LogP contribution >= 0.6 is 11.8 Å². The van der Waals surface area contributed by atoms with E-state index in [1.807, 2.05) is 25.6 Å². The first-order chi connectivity index (χ1) is 20.6. The molecule has 5 heterocycles. The van der Waals surface area contributed by atoms with Crippen molar-refractivity contribution in [1.29, 1.82) is 0 Å². The summed E-state index contributed by atoms with van der Waals surface area (Å²) in [6.45, 7) is 3.30. The highest BCUT2D eigenvalue weighted by molar-refractivity contribution is 8.00. The van der Waals surface area contributed by atoms with E-state index in [1.54, 1.807) is 0 Å². The van der Waals surface area contributed by atoms with Crippen molar-refractivity contribution in [2.75, 3.05) is 18.1 Å². The number of carbonyl (C=O) groups is 3. The predicted molar refractivity (Wildman–Crippen MR) is 153 cm³/mol. The number of hydrogen-bond donors (Lipinski definition) is 7. The summed E-state index contributed by atoms with van der Waals surface area (Å²) >= 11 is 1.82. The molecule has 3 fully saturated rings. The molecule has 2 aromatic heterocycles. The zero-order valence-electron chi connectivity index (χ0n) is 23.9. The molecule has 0 radical (unpaired) electrons. The average molecular weight is 623 g/mol. The fourth-order valence-electron chi connectivity index (χ4n) is 5.47. The van der Waals surface area contributed by atoms with Gasteiger partial charge in [0.15, 0.2) is 30.1 Å². The number of ether oxygens (including phenoxy) is 1. The number of nitrogens with two attached hydrogens (primary N) is 1. The molecule has 0 aliphatic carbocycles. The largest absolute Gasteiger partial charge is 0.382 e. The maximum atomic E-state index is 12.5. The number of aromatic nitrogens is 4. The molecule has 236 valence electrons. The van der Waals surface area contributed by atoms with Gasteiger partial charge in [0, 0.05) is 17.4 Å². The highest BCUT2D eigenvalue weighted by atomic mass is 32.2. The number of unbranched alkanes of at least 4 members (excludes halogenated alkanes) is 1. The van der Waals surface area contributed by atoms with Crippen molar-refractivity contribution in [2.45, 2.75) is 88.1 Å². The van der Waals surface area contributed by atoms with Crippen molar-refractivity contribution < 1.29 is 34.2 Å². The molecular weight excluding hydrogens is 584 g/mol. The Kier molecular flexibility index (Phi) is 9.82. The molecule has 3 aliphatic rings. The van der Waals surface area contributed by atoms with Crippen LogP contribution in [0.1, 0.15) is 52.2 Å². The van der Waals surface area contributed by atoms with Crippen LogP contribution in [-0.2, 0) is 19.2 Å². The lowest BCUT2D eigenvalue weighted by Crippen LogP contribution is -2.59. The van der Waals surface area contributed by atoms with Gasteiger partial charge >= 0.3 is 6.03 Å². The number of amides is 4. The molecule has 18 heteroatoms. The molecule has 0 bridgehead atoms. The molecule has 8 N–H and O–H groups in total. The molecule has 0 saturated carbocycles. The highest BCUT2D eigenvalue weighted by Crippen LogP contribution is 2.34. The van der Waals surface area contributed by atoms with Crippen molar-refractivity contribution >= 4 is 46.6 Å². The number of morpholine rings is 1. The van der Waals surface area contributed by atoms with Crippen LogP contribution in [0.25, 0.3) is 11.2 Å². The molecular formula is C25H38N10O7S. The van der Waals surface area contributed by atoms with Crippen molar-refractivity contribution in [1.82, 2.24) is 46.1 Å². The second kappa shape index (κ2) is 13.6. The van der Waals surface area contributed by atoms with Crippen LogP contribution in [0.3, 0.4) is 0 Å². The number of nitrogens with zero attached hydrogens (tertiary/aromatic N) is 5. The molecule has 2 aromatic rings. The second-order valence-corrected chi connectivity index (χ2v) is 12.5. The number of aliphatic hydroxyl groups is 2. The summed E-state index contributed by atoms with van der Waals surface area (Å²) in [7, 11) is 0. The average Bonchev–Trinajstić information content (AvgIpc) is 3.66. The SMILES string of the molecule is CC(C)C[C@H]1O[C@@H](n2cnc3c(N)ncnc32)C(O)N(OCC(=O)NNC(=O)CCCCC2SC[C@@H]3NC(=O)N[C@H]23)C1O. The van der Waals surface area contributed by atoms with Gasteiger partial charge in [0.25, 0.3) is 5.91 Å². The van der Waals surface area contributed by atoms with E-state index in [2.05, 4.69) is 36.4 Å². The minimum absolute atomic E-state index is 0.122. The maximum Gasteiger partial charge on any atom is 0.315 e. The molecule has 4 amide bonds. The van der Waals surface area contributed by atoms with Gasteiger partial charge in [-0.15, -0.1) is 5.06 Å². The molecule has 0 spiro atoms. The Labute approximate surface area is 251 Å². The molecule has 5 rings (SSSR count). The van der Waals surface area contributed by atoms with Crippen LogP contribution in [0.2, 0.25) is 0 Å². The maximum absolute atomic E-state index is 12.5. The van der Waals surface area contributed by atoms with E-state index >= 15 is 0 Å². The van der Waals surface area contributed by atoms with E-state index in [-0.39, 0.29) is 42.2 Å². The van der Waals surface area contributed by atoms with E-state index in [9.17, 15) is 24.6 Å². The number of nitrogen functional groups attached to an aromatic ring is 1. The Balaban J connectivity index is 1.09. The number of hydroxylamine groups is 2. The smallest absolute Gasteiger partial charge is 0.315 e. The molecule has 17 nitrogen and oxygen atoms in total. The van der Waals surface area contributed by atoms with E-state index < -0.39 is 37.3 Å². The minimum Gasteiger partial charge on any atom is -0.382 e. The topological polar surface area (TPSA) is 231 Å². The van der Waals surface area contributed by atoms with Gasteiger partial charge in [0.1, 0.15) is 24.6 Å². The fraction of sp³-hybridized carbons (Fsp3) is 0.680. The van der Waals surface area contributed by atoms with Gasteiger partial charge in [-0.2, -0.15) is 11.8 Å². The summed E-state index contributed by atoms with van der Waals surface area (Å²) in [6.07, 6.45) is 0.730. The van der Waals surface area contributed by atoms with Crippen molar-refractivity contribution in [2.24, 2.45) is 5.92 Å². The van der Waals surface area contributed by atoms with E-state index in [0.717, 1.165) is 23.7 Å². The third-order valence-electron chi connectivity index (χ3n) is 7.55. The van der Waals surface area contributed by atoms with Gasteiger partial charge in [0.2, 0.25) is 5.91 Å². The molecule has 3 unspecified atom stereocenters. The number of fused-ring (bicyclic) bond motifs is 2. The van der Waals surface area contributed by atoms with E-state index in [4.69, 9.17) is 15.3 Å². The lowest BCUT2D eigenvalue weighted by Gasteiger charge is -2.44. The summed E-state index contributed by atoms with van der Waals surface area (Å²) in [6, 6.07) is 0.159. The lowest BCUT2D eigenvalue weighted by molar-refractivity contribution is -0.387. The summed E-state index contributed by atoms with van der Waals surface area (Å²) in [5.41, 5.74) is 11.2. The van der Waals surface area contributed by atoms with Gasteiger partial charge in [0.05, 0.1) is 18.4 Å². The lowest BCUT2D eigenvalue weighted by atomic mass is 10.0. The molecule has 3 saturated heterocycles. The zero-order chi connectivity index (χ0) is 30.7. The monoisotopic (exact) mass is 622 g/mol. The van der Waals surface area contributed by atoms with Crippen LogP contribution < -0.4 is 27.2 Å². The van der Waals surface area contributed by atoms with E-state index in [0.29, 0.717) is 29.3 Å². The number of hydrazine groups is 1. The Morgan fingerprint density at radius 2 is 1.98 bits per heavy atom. The predicted octanol–water partition coefficient (Wildman–Crippen LogP) is -0.904. The molecule has 7 atom stereocenters. The summed E-state index contributed by atoms with van der Waals surface area (Å²) in [4.78, 5) is 54.1. The Morgan fingerprint density at radius 3 is 2.77 bits per heavy atom. The molecule has 3 aliphatic heterocycles. The van der Waals surface area contributed by atoms with Gasteiger partial charge in [-0.25, -0.2) is 19.7 Å². The van der Waals surface area contributed by atoms with Crippen molar-refractivity contribution in [3.63, 3.8) is 0 Å². The number of thioether (sulfide) groups is 1. The summed E-state index contributed by atoms with van der Waals surface area (Å²) < 4.78 is 7.51. The molecule has 43 heavy (non-hydrogen) atoms. The van der Waals surface area contributed by atoms with Gasteiger partial charge in [-0.3, -0.25) is 29.8 Å². The van der Waals surface area contributed by atoms with Crippen LogP contribution in [0.5, 0.6) is 0 Å². The normalized spacial score (nSPS) is 29.0. The first-order valence-electron chi connectivity index (χ1n) is 14.2. The first kappa shape index (κ1) is 31.1. The zero-order valence-corrected chi connectivity index (χ0v) is 24.7. The van der Waals surface area contributed by atoms with Crippen molar-refractivity contribution in [3.05, 3.63) is 12.7 Å². The van der Waals surface area contributed by atoms with E-state index in [1.165, 1.54) is 17.2 Å².